The number of hydrogen-bond donors (Lipinski definition) is 1. The standard InChI is InChI=1S/C15H19NO4/c1-11(17)19-8-2-3-9-20-13-6-4-12-5-7-15(18)16-14(12)10-13/h4,6,10H,2-3,5,7-9H2,1H3,(H,16,18). The minimum atomic E-state index is -0.253. The van der Waals surface area contributed by atoms with Crippen molar-refractivity contribution in [2.75, 3.05) is 18.5 Å². The van der Waals surface area contributed by atoms with Gasteiger partial charge >= 0.3 is 5.97 Å². The summed E-state index contributed by atoms with van der Waals surface area (Å²) in [6.45, 7) is 2.39. The summed E-state index contributed by atoms with van der Waals surface area (Å²) >= 11 is 0. The van der Waals surface area contributed by atoms with Gasteiger partial charge in [0, 0.05) is 25.1 Å². The maximum atomic E-state index is 11.3. The first-order chi connectivity index (χ1) is 9.65. The number of carbonyl (C=O) groups is 2. The van der Waals surface area contributed by atoms with Crippen LogP contribution >= 0.6 is 0 Å². The van der Waals surface area contributed by atoms with Crippen molar-refractivity contribution in [1.82, 2.24) is 0 Å². The molecule has 1 N–H and O–H groups in total. The van der Waals surface area contributed by atoms with E-state index >= 15 is 0 Å². The third-order valence-electron chi connectivity index (χ3n) is 3.09. The van der Waals surface area contributed by atoms with E-state index in [1.165, 1.54) is 6.92 Å². The normalized spacial score (nSPS) is 13.3. The summed E-state index contributed by atoms with van der Waals surface area (Å²) in [7, 11) is 0. The number of aryl methyl sites for hydroxylation is 1. The summed E-state index contributed by atoms with van der Waals surface area (Å²) < 4.78 is 10.5. The van der Waals surface area contributed by atoms with Gasteiger partial charge in [-0.15, -0.1) is 0 Å². The van der Waals surface area contributed by atoms with Crippen LogP contribution in [0.4, 0.5) is 5.69 Å². The van der Waals surface area contributed by atoms with Crippen LogP contribution in [-0.4, -0.2) is 25.1 Å². The molecule has 5 nitrogen and oxygen atoms in total. The van der Waals surface area contributed by atoms with Gasteiger partial charge in [0.2, 0.25) is 5.91 Å². The Kier molecular flexibility index (Phi) is 4.98. The topological polar surface area (TPSA) is 64.6 Å². The molecule has 0 saturated heterocycles. The van der Waals surface area contributed by atoms with E-state index in [2.05, 4.69) is 5.32 Å². The molecule has 0 radical (unpaired) electrons. The van der Waals surface area contributed by atoms with Crippen molar-refractivity contribution in [3.8, 4) is 5.75 Å². The molecule has 1 amide bonds. The van der Waals surface area contributed by atoms with E-state index in [-0.39, 0.29) is 11.9 Å². The van der Waals surface area contributed by atoms with Crippen molar-refractivity contribution in [3.05, 3.63) is 23.8 Å². The summed E-state index contributed by atoms with van der Waals surface area (Å²) in [6, 6.07) is 5.77. The zero-order valence-corrected chi connectivity index (χ0v) is 11.6. The monoisotopic (exact) mass is 277 g/mol. The molecule has 0 spiro atoms. The molecule has 1 heterocycles. The van der Waals surface area contributed by atoms with Gasteiger partial charge in [0.15, 0.2) is 0 Å². The highest BCUT2D eigenvalue weighted by Crippen LogP contribution is 2.27. The van der Waals surface area contributed by atoms with Gasteiger partial charge in [0.25, 0.3) is 0 Å². The molecule has 1 aliphatic rings. The van der Waals surface area contributed by atoms with Gasteiger partial charge in [-0.25, -0.2) is 0 Å². The molecule has 0 fully saturated rings. The minimum absolute atomic E-state index is 0.0519. The van der Waals surface area contributed by atoms with Gasteiger partial charge in [0.05, 0.1) is 13.2 Å². The second kappa shape index (κ2) is 6.93. The lowest BCUT2D eigenvalue weighted by Crippen LogP contribution is -2.18. The second-order valence-corrected chi connectivity index (χ2v) is 4.76. The maximum Gasteiger partial charge on any atom is 0.302 e. The molecule has 0 aromatic heterocycles. The van der Waals surface area contributed by atoms with E-state index in [9.17, 15) is 9.59 Å². The number of nitrogens with one attached hydrogen (secondary N) is 1. The van der Waals surface area contributed by atoms with Crippen LogP contribution in [0.3, 0.4) is 0 Å². The Bertz CT molecular complexity index is 499. The number of anilines is 1. The Labute approximate surface area is 118 Å². The Morgan fingerprint density at radius 2 is 2.05 bits per heavy atom. The van der Waals surface area contributed by atoms with Crippen molar-refractivity contribution in [2.24, 2.45) is 0 Å². The number of hydrogen-bond acceptors (Lipinski definition) is 4. The number of fused-ring (bicyclic) bond motifs is 1. The predicted molar refractivity (Wildman–Crippen MR) is 74.8 cm³/mol. The second-order valence-electron chi connectivity index (χ2n) is 4.76. The number of ether oxygens (including phenoxy) is 2. The number of rotatable bonds is 6. The van der Waals surface area contributed by atoms with Crippen molar-refractivity contribution in [1.29, 1.82) is 0 Å². The minimum Gasteiger partial charge on any atom is -0.494 e. The molecule has 108 valence electrons. The molecule has 20 heavy (non-hydrogen) atoms. The molecular formula is C15H19NO4. The summed E-state index contributed by atoms with van der Waals surface area (Å²) in [4.78, 5) is 21.9. The van der Waals surface area contributed by atoms with Crippen LogP contribution in [0.25, 0.3) is 0 Å². The Hall–Kier alpha value is -2.04. The molecular weight excluding hydrogens is 258 g/mol. The van der Waals surface area contributed by atoms with Crippen LogP contribution < -0.4 is 10.1 Å². The number of amides is 1. The fourth-order valence-corrected chi connectivity index (χ4v) is 2.05. The van der Waals surface area contributed by atoms with E-state index in [0.717, 1.165) is 36.3 Å². The average Bonchev–Trinajstić information content (AvgIpc) is 2.42. The molecule has 0 bridgehead atoms. The zero-order chi connectivity index (χ0) is 14.4. The fourth-order valence-electron chi connectivity index (χ4n) is 2.05. The van der Waals surface area contributed by atoms with Gasteiger partial charge in [-0.3, -0.25) is 9.59 Å². The zero-order valence-electron chi connectivity index (χ0n) is 11.6. The van der Waals surface area contributed by atoms with Crippen LogP contribution in [0.2, 0.25) is 0 Å². The molecule has 0 atom stereocenters. The smallest absolute Gasteiger partial charge is 0.302 e. The summed E-state index contributed by atoms with van der Waals surface area (Å²) in [6.07, 6.45) is 2.92. The van der Waals surface area contributed by atoms with Crippen molar-refractivity contribution >= 4 is 17.6 Å². The Morgan fingerprint density at radius 1 is 1.25 bits per heavy atom. The highest BCUT2D eigenvalue weighted by molar-refractivity contribution is 5.94. The van der Waals surface area contributed by atoms with Crippen LogP contribution in [-0.2, 0) is 20.7 Å². The lowest BCUT2D eigenvalue weighted by Gasteiger charge is -2.17. The maximum absolute atomic E-state index is 11.3. The first-order valence-electron chi connectivity index (χ1n) is 6.84. The highest BCUT2D eigenvalue weighted by Gasteiger charge is 2.14. The van der Waals surface area contributed by atoms with Crippen LogP contribution in [0.15, 0.2) is 18.2 Å². The van der Waals surface area contributed by atoms with Gasteiger partial charge in [-0.2, -0.15) is 0 Å². The lowest BCUT2D eigenvalue weighted by atomic mass is 10.0. The Morgan fingerprint density at radius 3 is 2.85 bits per heavy atom. The molecule has 1 aromatic carbocycles. The van der Waals surface area contributed by atoms with Crippen molar-refractivity contribution in [2.45, 2.75) is 32.6 Å². The lowest BCUT2D eigenvalue weighted by molar-refractivity contribution is -0.141. The van der Waals surface area contributed by atoms with E-state index < -0.39 is 0 Å². The molecule has 2 rings (SSSR count). The highest BCUT2D eigenvalue weighted by atomic mass is 16.5. The number of esters is 1. The molecule has 5 heteroatoms. The first-order valence-corrected chi connectivity index (χ1v) is 6.84. The molecule has 0 saturated carbocycles. The van der Waals surface area contributed by atoms with E-state index in [0.29, 0.717) is 19.6 Å². The van der Waals surface area contributed by atoms with Gasteiger partial charge in [-0.05, 0) is 30.9 Å². The summed E-state index contributed by atoms with van der Waals surface area (Å²) in [5.74, 6) is 0.547. The number of benzene rings is 1. The van der Waals surface area contributed by atoms with Crippen molar-refractivity contribution < 1.29 is 19.1 Å². The van der Waals surface area contributed by atoms with E-state index in [1.54, 1.807) is 0 Å². The number of unbranched alkanes of at least 4 members (excludes halogenated alkanes) is 1. The van der Waals surface area contributed by atoms with Crippen molar-refractivity contribution in [3.63, 3.8) is 0 Å². The van der Waals surface area contributed by atoms with E-state index in [4.69, 9.17) is 9.47 Å². The average molecular weight is 277 g/mol. The SMILES string of the molecule is CC(=O)OCCCCOc1ccc2c(c1)NC(=O)CC2. The van der Waals surface area contributed by atoms with Gasteiger partial charge in [-0.1, -0.05) is 6.07 Å². The summed E-state index contributed by atoms with van der Waals surface area (Å²) in [5.41, 5.74) is 1.99. The largest absolute Gasteiger partial charge is 0.494 e. The third-order valence-corrected chi connectivity index (χ3v) is 3.09. The molecule has 1 aromatic rings. The number of carbonyl (C=O) groups excluding carboxylic acids is 2. The molecule has 0 aliphatic carbocycles. The Balaban J connectivity index is 1.75. The predicted octanol–water partition coefficient (Wildman–Crippen LogP) is 2.29. The fraction of sp³-hybridized carbons (Fsp3) is 0.467. The quantitative estimate of drug-likeness (QED) is 0.640. The molecule has 0 unspecified atom stereocenters. The van der Waals surface area contributed by atoms with Crippen LogP contribution in [0, 0.1) is 0 Å². The van der Waals surface area contributed by atoms with Crippen LogP contribution in [0.5, 0.6) is 5.75 Å². The van der Waals surface area contributed by atoms with Gasteiger partial charge in [0.1, 0.15) is 5.75 Å². The van der Waals surface area contributed by atoms with Gasteiger partial charge < -0.3 is 14.8 Å². The van der Waals surface area contributed by atoms with E-state index in [1.807, 2.05) is 18.2 Å². The first kappa shape index (κ1) is 14.4. The summed E-state index contributed by atoms with van der Waals surface area (Å²) in [5, 5.41) is 2.85. The van der Waals surface area contributed by atoms with Crippen LogP contribution in [0.1, 0.15) is 31.7 Å². The third kappa shape index (κ3) is 4.26. The molecule has 1 aliphatic heterocycles.